The van der Waals surface area contributed by atoms with Crippen molar-refractivity contribution in [3.8, 4) is 0 Å². The molecule has 0 fully saturated rings. The first-order valence-electron chi connectivity index (χ1n) is 9.27. The molecule has 0 aliphatic carbocycles. The molecule has 0 radical (unpaired) electrons. The Morgan fingerprint density at radius 1 is 1.17 bits per heavy atom. The monoisotopic (exact) mass is 405 g/mol. The Kier molecular flexibility index (Phi) is 5.43. The highest BCUT2D eigenvalue weighted by molar-refractivity contribution is 6.34. The number of ether oxygens (including phenoxy) is 1. The summed E-state index contributed by atoms with van der Waals surface area (Å²) in [7, 11) is 1.52. The number of carbonyl (C=O) groups excluding carboxylic acids is 1. The maximum absolute atomic E-state index is 12.8. The third-order valence-electron chi connectivity index (χ3n) is 4.80. The van der Waals surface area contributed by atoms with E-state index < -0.39 is 6.10 Å². The molecule has 0 spiro atoms. The zero-order chi connectivity index (χ0) is 20.4. The fraction of sp³-hybridized carbons (Fsp3) is 0.174. The standard InChI is InChI=1S/C23H20ClN3O2/c1-14-10-16-11-20(27-22(16)25-13-14)18-12-17(8-9-19(18)24)26-23(28)21(29-2)15-6-4-3-5-7-15/h3-10,12-13,21H,11H2,1-2H3,(H,26,28)/t21-/m1/s1. The van der Waals surface area contributed by atoms with Gasteiger partial charge in [0.1, 0.15) is 0 Å². The van der Waals surface area contributed by atoms with Crippen molar-refractivity contribution in [2.75, 3.05) is 12.4 Å². The third kappa shape index (κ3) is 4.06. The van der Waals surface area contributed by atoms with Crippen LogP contribution in [0.5, 0.6) is 0 Å². The molecule has 2 aromatic carbocycles. The van der Waals surface area contributed by atoms with Crippen molar-refractivity contribution in [1.82, 2.24) is 4.98 Å². The van der Waals surface area contributed by atoms with Gasteiger partial charge in [-0.3, -0.25) is 4.79 Å². The number of methoxy groups -OCH3 is 1. The van der Waals surface area contributed by atoms with E-state index >= 15 is 0 Å². The van der Waals surface area contributed by atoms with Crippen molar-refractivity contribution < 1.29 is 9.53 Å². The number of pyridine rings is 1. The van der Waals surface area contributed by atoms with E-state index in [0.29, 0.717) is 17.1 Å². The minimum Gasteiger partial charge on any atom is -0.367 e. The number of aromatic nitrogens is 1. The number of hydrogen-bond donors (Lipinski definition) is 1. The van der Waals surface area contributed by atoms with Gasteiger partial charge in [0.15, 0.2) is 11.9 Å². The first-order valence-corrected chi connectivity index (χ1v) is 9.64. The maximum Gasteiger partial charge on any atom is 0.258 e. The van der Waals surface area contributed by atoms with Crippen LogP contribution in [0.25, 0.3) is 0 Å². The molecule has 1 N–H and O–H groups in total. The van der Waals surface area contributed by atoms with Gasteiger partial charge in [-0.2, -0.15) is 0 Å². The van der Waals surface area contributed by atoms with E-state index in [9.17, 15) is 4.79 Å². The van der Waals surface area contributed by atoms with Gasteiger partial charge in [0.05, 0.1) is 5.71 Å². The number of aliphatic imine (C=N–C) groups is 1. The van der Waals surface area contributed by atoms with E-state index in [1.165, 1.54) is 7.11 Å². The van der Waals surface area contributed by atoms with Gasteiger partial charge < -0.3 is 10.1 Å². The SMILES string of the molecule is CO[C@@H](C(=O)Nc1ccc(Cl)c(C2=Nc3ncc(C)cc3C2)c1)c1ccccc1. The molecule has 2 heterocycles. The lowest BCUT2D eigenvalue weighted by molar-refractivity contribution is -0.126. The summed E-state index contributed by atoms with van der Waals surface area (Å²) in [6.07, 6.45) is 1.76. The van der Waals surface area contributed by atoms with Gasteiger partial charge in [-0.05, 0) is 36.2 Å². The number of aryl methyl sites for hydroxylation is 1. The molecule has 4 rings (SSSR count). The highest BCUT2D eigenvalue weighted by Gasteiger charge is 2.22. The van der Waals surface area contributed by atoms with Crippen LogP contribution < -0.4 is 5.32 Å². The van der Waals surface area contributed by atoms with Gasteiger partial charge in [0, 0.05) is 41.6 Å². The number of halogens is 1. The van der Waals surface area contributed by atoms with E-state index in [4.69, 9.17) is 16.3 Å². The fourth-order valence-electron chi connectivity index (χ4n) is 3.41. The molecule has 1 atom stereocenters. The largest absolute Gasteiger partial charge is 0.367 e. The van der Waals surface area contributed by atoms with Crippen LogP contribution in [0.2, 0.25) is 5.02 Å². The fourth-order valence-corrected chi connectivity index (χ4v) is 3.64. The number of hydrogen-bond acceptors (Lipinski definition) is 4. The van der Waals surface area contributed by atoms with Crippen LogP contribution in [-0.4, -0.2) is 23.7 Å². The first-order chi connectivity index (χ1) is 14.0. The molecular formula is C23H20ClN3O2. The zero-order valence-corrected chi connectivity index (χ0v) is 16.9. The second-order valence-corrected chi connectivity index (χ2v) is 7.35. The van der Waals surface area contributed by atoms with Crippen molar-refractivity contribution in [3.63, 3.8) is 0 Å². The van der Waals surface area contributed by atoms with Crippen LogP contribution in [0.3, 0.4) is 0 Å². The van der Waals surface area contributed by atoms with Crippen LogP contribution >= 0.6 is 11.6 Å². The van der Waals surface area contributed by atoms with Gasteiger partial charge in [-0.1, -0.05) is 48.0 Å². The number of fused-ring (bicyclic) bond motifs is 1. The number of nitrogens with zero attached hydrogens (tertiary/aromatic N) is 2. The van der Waals surface area contributed by atoms with Gasteiger partial charge in [-0.25, -0.2) is 9.98 Å². The average molecular weight is 406 g/mol. The van der Waals surface area contributed by atoms with E-state index in [1.807, 2.05) is 43.3 Å². The van der Waals surface area contributed by atoms with E-state index in [2.05, 4.69) is 21.4 Å². The highest BCUT2D eigenvalue weighted by Crippen LogP contribution is 2.31. The summed E-state index contributed by atoms with van der Waals surface area (Å²) in [5.74, 6) is 0.473. The molecule has 0 unspecified atom stereocenters. The van der Waals surface area contributed by atoms with Gasteiger partial charge in [0.2, 0.25) is 0 Å². The Hall–Kier alpha value is -3.02. The number of anilines is 1. The Morgan fingerprint density at radius 3 is 2.72 bits per heavy atom. The summed E-state index contributed by atoms with van der Waals surface area (Å²) >= 11 is 6.43. The quantitative estimate of drug-likeness (QED) is 0.646. The van der Waals surface area contributed by atoms with E-state index in [0.717, 1.165) is 33.8 Å². The summed E-state index contributed by atoms with van der Waals surface area (Å²) in [4.78, 5) is 21.8. The van der Waals surface area contributed by atoms with Crippen molar-refractivity contribution in [2.24, 2.45) is 4.99 Å². The molecule has 29 heavy (non-hydrogen) atoms. The Labute approximate surface area is 174 Å². The number of benzene rings is 2. The number of nitrogens with one attached hydrogen (secondary N) is 1. The lowest BCUT2D eigenvalue weighted by Gasteiger charge is -2.16. The van der Waals surface area contributed by atoms with E-state index in [-0.39, 0.29) is 5.91 Å². The molecule has 1 aromatic heterocycles. The van der Waals surface area contributed by atoms with Gasteiger partial charge in [-0.15, -0.1) is 0 Å². The molecule has 0 saturated heterocycles. The number of amides is 1. The van der Waals surface area contributed by atoms with Crippen LogP contribution in [0.1, 0.15) is 28.4 Å². The van der Waals surface area contributed by atoms with Crippen molar-refractivity contribution in [3.05, 3.63) is 88.1 Å². The number of carbonyl (C=O) groups is 1. The lowest BCUT2D eigenvalue weighted by Crippen LogP contribution is -2.22. The second kappa shape index (κ2) is 8.15. The Bertz CT molecular complexity index is 1100. The molecule has 5 nitrogen and oxygen atoms in total. The summed E-state index contributed by atoms with van der Waals surface area (Å²) in [5.41, 5.74) is 5.22. The Balaban J connectivity index is 1.57. The van der Waals surface area contributed by atoms with Gasteiger partial charge >= 0.3 is 0 Å². The summed E-state index contributed by atoms with van der Waals surface area (Å²) in [5, 5.41) is 3.50. The summed E-state index contributed by atoms with van der Waals surface area (Å²) in [6, 6.07) is 16.8. The van der Waals surface area contributed by atoms with Crippen LogP contribution in [-0.2, 0) is 16.0 Å². The maximum atomic E-state index is 12.8. The third-order valence-corrected chi connectivity index (χ3v) is 5.13. The molecule has 1 aliphatic heterocycles. The minimum atomic E-state index is -0.699. The lowest BCUT2D eigenvalue weighted by atomic mass is 10.0. The molecule has 3 aromatic rings. The predicted octanol–water partition coefficient (Wildman–Crippen LogP) is 5.05. The molecule has 1 amide bonds. The van der Waals surface area contributed by atoms with Crippen LogP contribution in [0, 0.1) is 6.92 Å². The molecule has 146 valence electrons. The van der Waals surface area contributed by atoms with Crippen molar-refractivity contribution in [1.29, 1.82) is 0 Å². The van der Waals surface area contributed by atoms with Crippen molar-refractivity contribution in [2.45, 2.75) is 19.4 Å². The molecule has 6 heteroatoms. The minimum absolute atomic E-state index is 0.249. The molecular weight excluding hydrogens is 386 g/mol. The molecule has 0 bridgehead atoms. The second-order valence-electron chi connectivity index (χ2n) is 6.94. The van der Waals surface area contributed by atoms with E-state index in [1.54, 1.807) is 18.3 Å². The summed E-state index contributed by atoms with van der Waals surface area (Å²) < 4.78 is 5.41. The molecule has 0 saturated carbocycles. The average Bonchev–Trinajstić information content (AvgIpc) is 3.13. The van der Waals surface area contributed by atoms with Crippen LogP contribution in [0.4, 0.5) is 11.5 Å². The highest BCUT2D eigenvalue weighted by atomic mass is 35.5. The first kappa shape index (κ1) is 19.3. The predicted molar refractivity (Wildman–Crippen MR) is 115 cm³/mol. The van der Waals surface area contributed by atoms with Crippen LogP contribution in [0.15, 0.2) is 65.8 Å². The smallest absolute Gasteiger partial charge is 0.258 e. The normalized spacial score (nSPS) is 13.6. The van der Waals surface area contributed by atoms with Crippen molar-refractivity contribution >= 4 is 34.7 Å². The Morgan fingerprint density at radius 2 is 1.97 bits per heavy atom. The summed E-state index contributed by atoms with van der Waals surface area (Å²) in [6.45, 7) is 2.01. The number of rotatable bonds is 5. The zero-order valence-electron chi connectivity index (χ0n) is 16.1. The molecule has 1 aliphatic rings. The van der Waals surface area contributed by atoms with Gasteiger partial charge in [0.25, 0.3) is 5.91 Å². The topological polar surface area (TPSA) is 63.6 Å².